The maximum Gasteiger partial charge on any atom is 0.230 e. The summed E-state index contributed by atoms with van der Waals surface area (Å²) in [7, 11) is 0. The molecule has 1 aliphatic heterocycles. The first-order valence-electron chi connectivity index (χ1n) is 7.49. The summed E-state index contributed by atoms with van der Waals surface area (Å²) in [4.78, 5) is 17.2. The second-order valence-corrected chi connectivity index (χ2v) is 7.62. The largest absolute Gasteiger partial charge is 0.310 e. The molecule has 0 bridgehead atoms. The van der Waals surface area contributed by atoms with Crippen LogP contribution in [-0.4, -0.2) is 17.8 Å². The van der Waals surface area contributed by atoms with Gasteiger partial charge in [-0.2, -0.15) is 0 Å². The van der Waals surface area contributed by atoms with Crippen molar-refractivity contribution in [3.05, 3.63) is 34.9 Å². The first-order valence-corrected chi connectivity index (χ1v) is 7.87. The standard InChI is InChI=1S/C17H21ClN2O/c1-17(2,3)11-8-13-14(9-11)19-15(20-16(13)21)10-5-4-6-12(18)7-10/h4-7,11,13-14H,8-9H2,1-3H3,(H,19,20,21)/t11-,13-,14+/m0/s1. The van der Waals surface area contributed by atoms with Crippen molar-refractivity contribution >= 4 is 23.3 Å². The highest BCUT2D eigenvalue weighted by molar-refractivity contribution is 6.31. The Hall–Kier alpha value is -1.35. The Labute approximate surface area is 130 Å². The molecule has 112 valence electrons. The highest BCUT2D eigenvalue weighted by Gasteiger charge is 2.45. The van der Waals surface area contributed by atoms with Gasteiger partial charge in [0.25, 0.3) is 0 Å². The van der Waals surface area contributed by atoms with Crippen LogP contribution in [0.25, 0.3) is 0 Å². The average Bonchev–Trinajstić information content (AvgIpc) is 2.83. The maximum atomic E-state index is 12.4. The fraction of sp³-hybridized carbons (Fsp3) is 0.529. The van der Waals surface area contributed by atoms with E-state index in [2.05, 4.69) is 26.1 Å². The van der Waals surface area contributed by atoms with E-state index in [0.717, 1.165) is 18.4 Å². The Bertz CT molecular complexity index is 603. The van der Waals surface area contributed by atoms with Gasteiger partial charge < -0.3 is 5.32 Å². The van der Waals surface area contributed by atoms with Crippen molar-refractivity contribution in [2.45, 2.75) is 39.7 Å². The Kier molecular flexibility index (Phi) is 3.56. The summed E-state index contributed by atoms with van der Waals surface area (Å²) in [6.45, 7) is 6.73. The molecule has 0 saturated heterocycles. The zero-order chi connectivity index (χ0) is 15.2. The van der Waals surface area contributed by atoms with Gasteiger partial charge in [-0.15, -0.1) is 0 Å². The Morgan fingerprint density at radius 2 is 2.05 bits per heavy atom. The van der Waals surface area contributed by atoms with Gasteiger partial charge in [-0.05, 0) is 36.3 Å². The molecule has 1 aliphatic carbocycles. The van der Waals surface area contributed by atoms with E-state index in [-0.39, 0.29) is 23.3 Å². The second kappa shape index (κ2) is 5.13. The molecule has 4 heteroatoms. The first-order chi connectivity index (χ1) is 9.84. The van der Waals surface area contributed by atoms with Crippen molar-refractivity contribution in [1.29, 1.82) is 0 Å². The molecule has 1 saturated carbocycles. The van der Waals surface area contributed by atoms with E-state index < -0.39 is 0 Å². The van der Waals surface area contributed by atoms with Crippen LogP contribution in [0.15, 0.2) is 29.3 Å². The molecule has 0 aromatic heterocycles. The number of hydrogen-bond donors (Lipinski definition) is 1. The number of amides is 1. The molecule has 21 heavy (non-hydrogen) atoms. The number of carbonyl (C=O) groups excluding carboxylic acids is 1. The lowest BCUT2D eigenvalue weighted by Gasteiger charge is -2.26. The lowest BCUT2D eigenvalue weighted by atomic mass is 9.79. The number of hydrogen-bond acceptors (Lipinski definition) is 2. The number of rotatable bonds is 1. The molecule has 3 atom stereocenters. The molecule has 0 unspecified atom stereocenters. The number of nitrogens with one attached hydrogen (secondary N) is 1. The third-order valence-corrected chi connectivity index (χ3v) is 4.96. The van der Waals surface area contributed by atoms with E-state index in [1.165, 1.54) is 0 Å². The van der Waals surface area contributed by atoms with Gasteiger partial charge in [0.1, 0.15) is 5.84 Å². The molecule has 0 radical (unpaired) electrons. The molecule has 1 fully saturated rings. The second-order valence-electron chi connectivity index (χ2n) is 7.19. The smallest absolute Gasteiger partial charge is 0.230 e. The highest BCUT2D eigenvalue weighted by Crippen LogP contribution is 2.44. The topological polar surface area (TPSA) is 41.5 Å². The van der Waals surface area contributed by atoms with Crippen molar-refractivity contribution in [3.63, 3.8) is 0 Å². The molecular weight excluding hydrogens is 284 g/mol. The molecule has 3 nitrogen and oxygen atoms in total. The van der Waals surface area contributed by atoms with E-state index in [1.807, 2.05) is 24.3 Å². The van der Waals surface area contributed by atoms with Gasteiger partial charge >= 0.3 is 0 Å². The number of aliphatic imine (C=N–C) groups is 1. The molecule has 2 aliphatic rings. The van der Waals surface area contributed by atoms with Crippen LogP contribution in [-0.2, 0) is 4.79 Å². The Morgan fingerprint density at radius 3 is 2.71 bits per heavy atom. The van der Waals surface area contributed by atoms with E-state index in [1.54, 1.807) is 0 Å². The summed E-state index contributed by atoms with van der Waals surface area (Å²) in [5.41, 5.74) is 1.11. The van der Waals surface area contributed by atoms with E-state index in [9.17, 15) is 4.79 Å². The van der Waals surface area contributed by atoms with Crippen molar-refractivity contribution in [1.82, 2.24) is 5.32 Å². The summed E-state index contributed by atoms with van der Waals surface area (Å²) in [6.07, 6.45) is 1.93. The predicted octanol–water partition coefficient (Wildman–Crippen LogP) is 3.66. The monoisotopic (exact) mass is 304 g/mol. The maximum absolute atomic E-state index is 12.4. The van der Waals surface area contributed by atoms with Crippen molar-refractivity contribution < 1.29 is 4.79 Å². The zero-order valence-electron chi connectivity index (χ0n) is 12.7. The van der Waals surface area contributed by atoms with Gasteiger partial charge in [-0.1, -0.05) is 44.5 Å². The van der Waals surface area contributed by atoms with Crippen LogP contribution < -0.4 is 5.32 Å². The number of nitrogens with zero attached hydrogens (tertiary/aromatic N) is 1. The van der Waals surface area contributed by atoms with Gasteiger partial charge in [-0.25, -0.2) is 0 Å². The molecule has 1 aromatic rings. The summed E-state index contributed by atoms with van der Waals surface area (Å²) >= 11 is 6.03. The highest BCUT2D eigenvalue weighted by atomic mass is 35.5. The van der Waals surface area contributed by atoms with Crippen molar-refractivity contribution in [3.8, 4) is 0 Å². The fourth-order valence-corrected chi connectivity index (χ4v) is 3.53. The van der Waals surface area contributed by atoms with E-state index >= 15 is 0 Å². The van der Waals surface area contributed by atoms with Crippen LogP contribution in [0.4, 0.5) is 0 Å². The number of halogens is 1. The molecular formula is C17H21ClN2O. The van der Waals surface area contributed by atoms with Crippen LogP contribution in [0, 0.1) is 17.3 Å². The molecule has 0 spiro atoms. The fourth-order valence-electron chi connectivity index (χ4n) is 3.34. The molecule has 1 heterocycles. The number of carbonyl (C=O) groups is 1. The quantitative estimate of drug-likeness (QED) is 0.845. The van der Waals surface area contributed by atoms with Crippen molar-refractivity contribution in [2.75, 3.05) is 0 Å². The normalized spacial score (nSPS) is 28.9. The Morgan fingerprint density at radius 1 is 1.29 bits per heavy atom. The van der Waals surface area contributed by atoms with Gasteiger partial charge in [0, 0.05) is 10.6 Å². The Balaban J connectivity index is 1.89. The minimum atomic E-state index is 0.0251. The SMILES string of the molecule is CC(C)(C)[C@H]1C[C@@H]2C(=O)NC(c3cccc(Cl)c3)=N[C@@H]2C1. The van der Waals surface area contributed by atoms with Gasteiger partial charge in [0.15, 0.2) is 0 Å². The third-order valence-electron chi connectivity index (χ3n) is 4.73. The summed E-state index contributed by atoms with van der Waals surface area (Å²) in [5.74, 6) is 1.34. The zero-order valence-corrected chi connectivity index (χ0v) is 13.4. The van der Waals surface area contributed by atoms with Crippen LogP contribution in [0.1, 0.15) is 39.2 Å². The average molecular weight is 305 g/mol. The lowest BCUT2D eigenvalue weighted by Crippen LogP contribution is -2.44. The summed E-state index contributed by atoms with van der Waals surface area (Å²) in [5, 5.41) is 3.61. The molecule has 1 aromatic carbocycles. The first kappa shape index (κ1) is 14.6. The summed E-state index contributed by atoms with van der Waals surface area (Å²) in [6, 6.07) is 7.59. The number of fused-ring (bicyclic) bond motifs is 1. The van der Waals surface area contributed by atoms with Crippen LogP contribution in [0.5, 0.6) is 0 Å². The van der Waals surface area contributed by atoms with E-state index in [0.29, 0.717) is 16.8 Å². The minimum absolute atomic E-state index is 0.0251. The van der Waals surface area contributed by atoms with Gasteiger partial charge in [0.05, 0.1) is 12.0 Å². The number of amidine groups is 1. The van der Waals surface area contributed by atoms with Gasteiger partial charge in [-0.3, -0.25) is 9.79 Å². The van der Waals surface area contributed by atoms with Crippen molar-refractivity contribution in [2.24, 2.45) is 22.2 Å². The number of benzene rings is 1. The van der Waals surface area contributed by atoms with E-state index in [4.69, 9.17) is 16.6 Å². The molecule has 1 N–H and O–H groups in total. The minimum Gasteiger partial charge on any atom is -0.310 e. The molecule has 1 amide bonds. The predicted molar refractivity (Wildman–Crippen MR) is 85.6 cm³/mol. The third kappa shape index (κ3) is 2.84. The molecule has 3 rings (SSSR count). The van der Waals surface area contributed by atoms with Crippen LogP contribution >= 0.6 is 11.6 Å². The lowest BCUT2D eigenvalue weighted by molar-refractivity contribution is -0.124. The van der Waals surface area contributed by atoms with Crippen LogP contribution in [0.2, 0.25) is 5.02 Å². The van der Waals surface area contributed by atoms with Crippen LogP contribution in [0.3, 0.4) is 0 Å². The van der Waals surface area contributed by atoms with Gasteiger partial charge in [0.2, 0.25) is 5.91 Å². The summed E-state index contributed by atoms with van der Waals surface area (Å²) < 4.78 is 0.